The van der Waals surface area contributed by atoms with Crippen molar-refractivity contribution in [1.29, 1.82) is 0 Å². The van der Waals surface area contributed by atoms with Gasteiger partial charge in [0.05, 0.1) is 31.1 Å². The molecule has 2 fully saturated rings. The number of morpholine rings is 1. The first kappa shape index (κ1) is 17.7. The highest BCUT2D eigenvalue weighted by Gasteiger charge is 2.38. The number of benzene rings is 1. The number of carbonyl (C=O) groups is 1. The number of rotatable bonds is 4. The molecule has 0 saturated carbocycles. The van der Waals surface area contributed by atoms with Crippen LogP contribution in [-0.2, 0) is 20.9 Å². The van der Waals surface area contributed by atoms with Gasteiger partial charge in [0.25, 0.3) is 5.91 Å². The average Bonchev–Trinajstić information content (AvgIpc) is 3.07. The Balaban J connectivity index is 1.53. The number of anilines is 1. The molecule has 3 aliphatic rings. The topological polar surface area (TPSA) is 78.1 Å². The summed E-state index contributed by atoms with van der Waals surface area (Å²) in [6.45, 7) is 3.33. The average molecular weight is 380 g/mol. The largest absolute Gasteiger partial charge is 0.380 e. The third-order valence-corrected chi connectivity index (χ3v) is 4.95. The highest BCUT2D eigenvalue weighted by molar-refractivity contribution is 6.30. The Morgan fingerprint density at radius 1 is 1.35 bits per heavy atom. The number of amides is 1. The van der Waals surface area contributed by atoms with Crippen molar-refractivity contribution in [3.05, 3.63) is 40.6 Å². The number of nitrogens with one attached hydrogen (secondary N) is 3. The molecule has 140 valence electrons. The molecule has 2 atom stereocenters. The van der Waals surface area contributed by atoms with E-state index in [1.54, 1.807) is 7.11 Å². The van der Waals surface area contributed by atoms with Crippen molar-refractivity contribution in [1.82, 2.24) is 21.0 Å². The van der Waals surface area contributed by atoms with Crippen molar-refractivity contribution in [2.75, 3.05) is 38.4 Å². The number of nitrogens with zero attached hydrogens (tertiary/aromatic N) is 2. The summed E-state index contributed by atoms with van der Waals surface area (Å²) in [6.07, 6.45) is 1.33. The normalized spacial score (nSPS) is 26.5. The lowest BCUT2D eigenvalue weighted by Gasteiger charge is -2.40. The van der Waals surface area contributed by atoms with Crippen molar-refractivity contribution < 1.29 is 14.3 Å². The molecule has 0 aromatic heterocycles. The minimum atomic E-state index is -0.261. The van der Waals surface area contributed by atoms with Crippen molar-refractivity contribution in [2.24, 2.45) is 0 Å². The molecule has 9 heteroatoms. The molecule has 26 heavy (non-hydrogen) atoms. The quantitative estimate of drug-likeness (QED) is 0.697. The summed E-state index contributed by atoms with van der Waals surface area (Å²) < 4.78 is 10.7. The molecule has 1 aromatic rings. The van der Waals surface area contributed by atoms with Gasteiger partial charge in [-0.2, -0.15) is 0 Å². The lowest BCUT2D eigenvalue weighted by molar-refractivity contribution is -0.123. The summed E-state index contributed by atoms with van der Waals surface area (Å²) >= 11 is 6.11. The second kappa shape index (κ2) is 7.51. The van der Waals surface area contributed by atoms with E-state index < -0.39 is 0 Å². The van der Waals surface area contributed by atoms with Crippen LogP contribution >= 0.6 is 11.6 Å². The van der Waals surface area contributed by atoms with Crippen LogP contribution in [0, 0.1) is 0 Å². The number of hydrogen-bond acceptors (Lipinski definition) is 7. The monoisotopic (exact) mass is 379 g/mol. The van der Waals surface area contributed by atoms with E-state index in [1.807, 2.05) is 29.4 Å². The molecule has 4 rings (SSSR count). The molecular formula is C17H22ClN5O3. The van der Waals surface area contributed by atoms with Crippen LogP contribution in [0.1, 0.15) is 5.56 Å². The van der Waals surface area contributed by atoms with E-state index in [1.165, 1.54) is 0 Å². The molecule has 2 unspecified atom stereocenters. The van der Waals surface area contributed by atoms with Crippen LogP contribution in [0.3, 0.4) is 0 Å². The Morgan fingerprint density at radius 2 is 2.15 bits per heavy atom. The molecule has 0 aliphatic carbocycles. The molecule has 3 heterocycles. The zero-order chi connectivity index (χ0) is 18.1. The number of ether oxygens (including phenoxy) is 2. The van der Waals surface area contributed by atoms with Crippen LogP contribution in [0.4, 0.5) is 5.69 Å². The molecule has 0 radical (unpaired) electrons. The highest BCUT2D eigenvalue weighted by Crippen LogP contribution is 2.28. The van der Waals surface area contributed by atoms with E-state index in [0.717, 1.165) is 24.3 Å². The van der Waals surface area contributed by atoms with E-state index in [4.69, 9.17) is 21.1 Å². The van der Waals surface area contributed by atoms with E-state index >= 15 is 0 Å². The van der Waals surface area contributed by atoms with Crippen LogP contribution < -0.4 is 21.1 Å². The first-order chi connectivity index (χ1) is 12.7. The first-order valence-electron chi connectivity index (χ1n) is 8.59. The minimum absolute atomic E-state index is 0.0810. The summed E-state index contributed by atoms with van der Waals surface area (Å²) in [5, 5.41) is 8.95. The van der Waals surface area contributed by atoms with Gasteiger partial charge in [-0.25, -0.2) is 5.43 Å². The third kappa shape index (κ3) is 3.44. The van der Waals surface area contributed by atoms with Gasteiger partial charge in [-0.15, -0.1) is 0 Å². The van der Waals surface area contributed by atoms with E-state index in [-0.39, 0.29) is 18.4 Å². The summed E-state index contributed by atoms with van der Waals surface area (Å²) in [7, 11) is 1.64. The van der Waals surface area contributed by atoms with Gasteiger partial charge < -0.3 is 14.8 Å². The predicted octanol–water partition coefficient (Wildman–Crippen LogP) is 0.356. The number of halogens is 1. The number of methoxy groups -OCH3 is 1. The van der Waals surface area contributed by atoms with Gasteiger partial charge in [0.2, 0.25) is 0 Å². The summed E-state index contributed by atoms with van der Waals surface area (Å²) in [5.74, 6) is -0.0810. The molecule has 2 saturated heterocycles. The summed E-state index contributed by atoms with van der Waals surface area (Å²) in [6, 6.07) is 5.60. The van der Waals surface area contributed by atoms with Crippen molar-refractivity contribution in [3.63, 3.8) is 0 Å². The van der Waals surface area contributed by atoms with Crippen molar-refractivity contribution in [2.45, 2.75) is 19.1 Å². The van der Waals surface area contributed by atoms with E-state index in [9.17, 15) is 4.79 Å². The summed E-state index contributed by atoms with van der Waals surface area (Å²) in [4.78, 5) is 14.7. The Bertz CT molecular complexity index is 722. The Labute approximate surface area is 157 Å². The number of hydrogen-bond donors (Lipinski definition) is 3. The van der Waals surface area contributed by atoms with Crippen LogP contribution in [0.25, 0.3) is 0 Å². The molecule has 1 aromatic carbocycles. The maximum absolute atomic E-state index is 12.6. The standard InChI is InChI=1S/C17H22ClN5O3/c1-25-10-11-8-12(18)2-3-14(11)23-9-13-15(21-23)19-17(20-16(13)24)22-4-6-26-7-5-22/h2-3,8-9,15,17,19,21H,4-7,10H2,1H3,(H,20,24). The predicted molar refractivity (Wildman–Crippen MR) is 97.1 cm³/mol. The Kier molecular flexibility index (Phi) is 5.12. The molecular weight excluding hydrogens is 358 g/mol. The van der Waals surface area contributed by atoms with E-state index in [0.29, 0.717) is 30.4 Å². The van der Waals surface area contributed by atoms with Gasteiger partial charge in [0, 0.05) is 37.0 Å². The van der Waals surface area contributed by atoms with Gasteiger partial charge in [-0.05, 0) is 18.2 Å². The fourth-order valence-electron chi connectivity index (χ4n) is 3.41. The SMILES string of the molecule is COCc1cc(Cl)ccc1N1C=C2C(=O)NC(N3CCOCC3)NC2N1. The van der Waals surface area contributed by atoms with Crippen LogP contribution in [0.5, 0.6) is 0 Å². The summed E-state index contributed by atoms with van der Waals surface area (Å²) in [5.41, 5.74) is 5.82. The Hall–Kier alpha value is -1.68. The second-order valence-electron chi connectivity index (χ2n) is 6.41. The zero-order valence-electron chi connectivity index (χ0n) is 14.5. The van der Waals surface area contributed by atoms with Gasteiger partial charge in [0.15, 0.2) is 0 Å². The zero-order valence-corrected chi connectivity index (χ0v) is 15.3. The minimum Gasteiger partial charge on any atom is -0.380 e. The maximum Gasteiger partial charge on any atom is 0.254 e. The molecule has 0 bridgehead atoms. The molecule has 3 N–H and O–H groups in total. The van der Waals surface area contributed by atoms with E-state index in [2.05, 4.69) is 21.0 Å². The second-order valence-corrected chi connectivity index (χ2v) is 6.85. The molecule has 8 nitrogen and oxygen atoms in total. The van der Waals surface area contributed by atoms with Crippen LogP contribution in [0.2, 0.25) is 5.02 Å². The van der Waals surface area contributed by atoms with Crippen LogP contribution in [0.15, 0.2) is 30.0 Å². The van der Waals surface area contributed by atoms with Crippen molar-refractivity contribution >= 4 is 23.2 Å². The number of carbonyl (C=O) groups excluding carboxylic acids is 1. The fourth-order valence-corrected chi connectivity index (χ4v) is 3.61. The lowest BCUT2D eigenvalue weighted by Crippen LogP contribution is -2.68. The van der Waals surface area contributed by atoms with Crippen molar-refractivity contribution in [3.8, 4) is 0 Å². The van der Waals surface area contributed by atoms with Crippen LogP contribution in [-0.4, -0.2) is 56.7 Å². The van der Waals surface area contributed by atoms with Gasteiger partial charge in [-0.3, -0.25) is 20.0 Å². The number of fused-ring (bicyclic) bond motifs is 1. The first-order valence-corrected chi connectivity index (χ1v) is 8.97. The smallest absolute Gasteiger partial charge is 0.254 e. The van der Waals surface area contributed by atoms with Gasteiger partial charge in [-0.1, -0.05) is 11.6 Å². The van der Waals surface area contributed by atoms with Gasteiger partial charge >= 0.3 is 0 Å². The van der Waals surface area contributed by atoms with Gasteiger partial charge in [0.1, 0.15) is 12.5 Å². The fraction of sp³-hybridized carbons (Fsp3) is 0.471. The highest BCUT2D eigenvalue weighted by atomic mass is 35.5. The lowest BCUT2D eigenvalue weighted by atomic mass is 10.1. The molecule has 0 spiro atoms. The molecule has 3 aliphatic heterocycles. The third-order valence-electron chi connectivity index (χ3n) is 4.71. The Morgan fingerprint density at radius 3 is 2.92 bits per heavy atom. The molecule has 1 amide bonds. The maximum atomic E-state index is 12.6. The number of hydrazine groups is 1.